The summed E-state index contributed by atoms with van der Waals surface area (Å²) in [5, 5.41) is 0. The molecule has 2 aliphatic heterocycles. The van der Waals surface area contributed by atoms with Gasteiger partial charge in [-0.2, -0.15) is 13.2 Å². The number of aromatic nitrogens is 2. The molecule has 5 rings (SSSR count). The Balaban J connectivity index is 1.37. The van der Waals surface area contributed by atoms with Gasteiger partial charge in [-0.1, -0.05) is 18.2 Å². The van der Waals surface area contributed by atoms with Crippen LogP contribution in [0.25, 0.3) is 11.0 Å². The van der Waals surface area contributed by atoms with Crippen LogP contribution in [0.5, 0.6) is 0 Å². The SMILES string of the molecule is FC(F)(F)c1cccc(N2CCN(c3nc4cccc5c4n3CCC5)CC2)c1. The van der Waals surface area contributed by atoms with Crippen molar-refractivity contribution in [1.29, 1.82) is 0 Å². The van der Waals surface area contributed by atoms with E-state index in [1.165, 1.54) is 23.2 Å². The number of benzene rings is 2. The average Bonchev–Trinajstić information content (AvgIpc) is 3.09. The Morgan fingerprint density at radius 3 is 2.39 bits per heavy atom. The van der Waals surface area contributed by atoms with Crippen LogP contribution in [0.1, 0.15) is 17.5 Å². The van der Waals surface area contributed by atoms with E-state index < -0.39 is 11.7 Å². The van der Waals surface area contributed by atoms with E-state index in [0.717, 1.165) is 50.0 Å². The Hall–Kier alpha value is -2.70. The normalized spacial score (nSPS) is 17.4. The number of alkyl halides is 3. The lowest BCUT2D eigenvalue weighted by Gasteiger charge is -2.37. The molecule has 3 aromatic rings. The highest BCUT2D eigenvalue weighted by Gasteiger charge is 2.31. The van der Waals surface area contributed by atoms with E-state index in [0.29, 0.717) is 18.8 Å². The maximum absolute atomic E-state index is 13.0. The lowest BCUT2D eigenvalue weighted by Crippen LogP contribution is -2.47. The van der Waals surface area contributed by atoms with Crippen LogP contribution in [0.4, 0.5) is 24.8 Å². The van der Waals surface area contributed by atoms with Gasteiger partial charge in [0.1, 0.15) is 0 Å². The summed E-state index contributed by atoms with van der Waals surface area (Å²) in [6.07, 6.45) is -2.11. The smallest absolute Gasteiger partial charge is 0.368 e. The predicted octanol–water partition coefficient (Wildman–Crippen LogP) is 4.33. The fourth-order valence-electron chi connectivity index (χ4n) is 4.37. The molecule has 0 atom stereocenters. The molecule has 0 bridgehead atoms. The van der Waals surface area contributed by atoms with Crippen LogP contribution in [0.2, 0.25) is 0 Å². The van der Waals surface area contributed by atoms with Crippen LogP contribution in [0.3, 0.4) is 0 Å². The molecule has 146 valence electrons. The molecule has 3 heterocycles. The van der Waals surface area contributed by atoms with E-state index >= 15 is 0 Å². The second-order valence-corrected chi connectivity index (χ2v) is 7.47. The highest BCUT2D eigenvalue weighted by molar-refractivity contribution is 5.83. The molecule has 2 aromatic carbocycles. The van der Waals surface area contributed by atoms with Crippen molar-refractivity contribution in [1.82, 2.24) is 9.55 Å². The molecule has 1 saturated heterocycles. The van der Waals surface area contributed by atoms with Crippen LogP contribution in [0.15, 0.2) is 42.5 Å². The zero-order valence-electron chi connectivity index (χ0n) is 15.4. The lowest BCUT2D eigenvalue weighted by molar-refractivity contribution is -0.137. The molecule has 1 fully saturated rings. The summed E-state index contributed by atoms with van der Waals surface area (Å²) in [5.41, 5.74) is 3.66. The third-order valence-corrected chi connectivity index (χ3v) is 5.76. The van der Waals surface area contributed by atoms with Gasteiger partial charge in [-0.05, 0) is 42.7 Å². The van der Waals surface area contributed by atoms with Crippen LogP contribution in [-0.4, -0.2) is 35.7 Å². The fraction of sp³-hybridized carbons (Fsp3) is 0.381. The van der Waals surface area contributed by atoms with Gasteiger partial charge >= 0.3 is 6.18 Å². The summed E-state index contributed by atoms with van der Waals surface area (Å²) in [6, 6.07) is 11.9. The van der Waals surface area contributed by atoms with Crippen molar-refractivity contribution >= 4 is 22.7 Å². The van der Waals surface area contributed by atoms with E-state index in [4.69, 9.17) is 4.98 Å². The number of rotatable bonds is 2. The molecule has 4 nitrogen and oxygen atoms in total. The molecule has 0 spiro atoms. The molecule has 0 unspecified atom stereocenters. The second kappa shape index (κ2) is 6.43. The number of hydrogen-bond donors (Lipinski definition) is 0. The van der Waals surface area contributed by atoms with Gasteiger partial charge in [0.2, 0.25) is 5.95 Å². The number of anilines is 2. The van der Waals surface area contributed by atoms with Crippen LogP contribution < -0.4 is 9.80 Å². The van der Waals surface area contributed by atoms with Crippen molar-refractivity contribution in [3.05, 3.63) is 53.6 Å². The summed E-state index contributed by atoms with van der Waals surface area (Å²) in [6.45, 7) is 3.81. The standard InChI is InChI=1S/C21H21F3N4/c22-21(23,24)16-6-2-7-17(14-16)26-10-12-27(13-11-26)20-25-18-8-1-4-15-5-3-9-28(20)19(15)18/h1-2,4,6-8,14H,3,5,9-13H2. The molecule has 0 saturated carbocycles. The first kappa shape index (κ1) is 17.4. The van der Waals surface area contributed by atoms with Gasteiger partial charge in [0.05, 0.1) is 16.6 Å². The highest BCUT2D eigenvalue weighted by Crippen LogP contribution is 2.33. The quantitative estimate of drug-likeness (QED) is 0.655. The van der Waals surface area contributed by atoms with Gasteiger partial charge in [-0.3, -0.25) is 0 Å². The molecular formula is C21H21F3N4. The van der Waals surface area contributed by atoms with Gasteiger partial charge in [-0.25, -0.2) is 4.98 Å². The van der Waals surface area contributed by atoms with E-state index in [-0.39, 0.29) is 0 Å². The van der Waals surface area contributed by atoms with E-state index in [2.05, 4.69) is 27.7 Å². The van der Waals surface area contributed by atoms with Gasteiger partial charge in [-0.15, -0.1) is 0 Å². The molecule has 2 aliphatic rings. The van der Waals surface area contributed by atoms with Crippen LogP contribution in [0, 0.1) is 0 Å². The van der Waals surface area contributed by atoms with Crippen molar-refractivity contribution in [2.24, 2.45) is 0 Å². The highest BCUT2D eigenvalue weighted by atomic mass is 19.4. The van der Waals surface area contributed by atoms with Crippen molar-refractivity contribution in [3.8, 4) is 0 Å². The Morgan fingerprint density at radius 2 is 1.61 bits per heavy atom. The van der Waals surface area contributed by atoms with Crippen LogP contribution >= 0.6 is 0 Å². The van der Waals surface area contributed by atoms with E-state index in [9.17, 15) is 13.2 Å². The third kappa shape index (κ3) is 2.89. The second-order valence-electron chi connectivity index (χ2n) is 7.47. The molecule has 1 aromatic heterocycles. The minimum atomic E-state index is -4.31. The summed E-state index contributed by atoms with van der Waals surface area (Å²) < 4.78 is 41.3. The number of para-hydroxylation sites is 1. The Labute approximate surface area is 161 Å². The minimum absolute atomic E-state index is 0.594. The topological polar surface area (TPSA) is 24.3 Å². The summed E-state index contributed by atoms with van der Waals surface area (Å²) >= 11 is 0. The molecule has 0 amide bonds. The van der Waals surface area contributed by atoms with Crippen molar-refractivity contribution in [3.63, 3.8) is 0 Å². The maximum Gasteiger partial charge on any atom is 0.416 e. The zero-order chi connectivity index (χ0) is 19.3. The molecule has 7 heteroatoms. The number of imidazole rings is 1. The molecule has 0 aliphatic carbocycles. The zero-order valence-corrected chi connectivity index (χ0v) is 15.4. The van der Waals surface area contributed by atoms with Gasteiger partial charge in [0.15, 0.2) is 0 Å². The number of nitrogens with zero attached hydrogens (tertiary/aromatic N) is 4. The number of hydrogen-bond acceptors (Lipinski definition) is 3. The van der Waals surface area contributed by atoms with Gasteiger partial charge in [0.25, 0.3) is 0 Å². The van der Waals surface area contributed by atoms with Crippen molar-refractivity contribution in [2.75, 3.05) is 36.0 Å². The Morgan fingerprint density at radius 1 is 0.857 bits per heavy atom. The average molecular weight is 386 g/mol. The molecule has 28 heavy (non-hydrogen) atoms. The summed E-state index contributed by atoms with van der Waals surface area (Å²) in [5.74, 6) is 0.992. The van der Waals surface area contributed by atoms with E-state index in [1.807, 2.05) is 4.90 Å². The largest absolute Gasteiger partial charge is 0.416 e. The van der Waals surface area contributed by atoms with Crippen molar-refractivity contribution in [2.45, 2.75) is 25.6 Å². The molecular weight excluding hydrogens is 365 g/mol. The molecule has 0 radical (unpaired) electrons. The predicted molar refractivity (Wildman–Crippen MR) is 104 cm³/mol. The third-order valence-electron chi connectivity index (χ3n) is 5.76. The summed E-state index contributed by atoms with van der Waals surface area (Å²) in [4.78, 5) is 9.16. The first-order valence-corrected chi connectivity index (χ1v) is 9.66. The maximum atomic E-state index is 13.0. The lowest BCUT2D eigenvalue weighted by atomic mass is 10.0. The summed E-state index contributed by atoms with van der Waals surface area (Å²) in [7, 11) is 0. The van der Waals surface area contributed by atoms with Crippen molar-refractivity contribution < 1.29 is 13.2 Å². The number of aryl methyl sites for hydroxylation is 2. The van der Waals surface area contributed by atoms with Crippen LogP contribution in [-0.2, 0) is 19.1 Å². The first-order chi connectivity index (χ1) is 13.5. The number of piperazine rings is 1. The first-order valence-electron chi connectivity index (χ1n) is 9.66. The minimum Gasteiger partial charge on any atom is -0.368 e. The molecule has 0 N–H and O–H groups in total. The van der Waals surface area contributed by atoms with Gasteiger partial charge < -0.3 is 14.4 Å². The Bertz CT molecular complexity index is 1020. The van der Waals surface area contributed by atoms with Gasteiger partial charge in [0, 0.05) is 38.4 Å². The Kier molecular flexibility index (Phi) is 4.00. The fourth-order valence-corrected chi connectivity index (χ4v) is 4.37. The van der Waals surface area contributed by atoms with E-state index in [1.54, 1.807) is 6.07 Å². The number of halogens is 3. The monoisotopic (exact) mass is 386 g/mol.